The van der Waals surface area contributed by atoms with Gasteiger partial charge < -0.3 is 14.6 Å². The molecule has 1 atom stereocenters. The maximum Gasteiger partial charge on any atom is 0.192 e. The Hall–Kier alpha value is 0.0969. The molecule has 0 amide bonds. The minimum Gasteiger partial charge on any atom is -0.411 e. The first-order valence-corrected chi connectivity index (χ1v) is 9.52. The molecule has 1 aliphatic rings. The molecule has 1 unspecified atom stereocenters. The van der Waals surface area contributed by atoms with Crippen LogP contribution in [0.1, 0.15) is 46.5 Å². The molecule has 1 aliphatic carbocycles. The molecule has 0 aliphatic heterocycles. The number of aliphatic hydroxyl groups excluding tert-OH is 2. The zero-order chi connectivity index (χ0) is 13.3. The van der Waals surface area contributed by atoms with Crippen molar-refractivity contribution in [2.75, 3.05) is 6.61 Å². The van der Waals surface area contributed by atoms with Gasteiger partial charge in [0.15, 0.2) is 8.32 Å². The summed E-state index contributed by atoms with van der Waals surface area (Å²) in [6.45, 7) is 11.0. The van der Waals surface area contributed by atoms with E-state index in [4.69, 9.17) is 9.53 Å². The van der Waals surface area contributed by atoms with E-state index in [-0.39, 0.29) is 17.2 Å². The topological polar surface area (TPSA) is 49.7 Å². The second-order valence-corrected chi connectivity index (χ2v) is 11.7. The third kappa shape index (κ3) is 3.53. The van der Waals surface area contributed by atoms with E-state index in [0.717, 1.165) is 12.8 Å². The van der Waals surface area contributed by atoms with E-state index in [1.807, 2.05) is 0 Å². The highest BCUT2D eigenvalue weighted by Gasteiger charge is 2.48. The summed E-state index contributed by atoms with van der Waals surface area (Å²) >= 11 is 0. The number of aliphatic hydroxyl groups is 2. The Bertz CT molecular complexity index is 254. The molecular weight excluding hydrogens is 232 g/mol. The van der Waals surface area contributed by atoms with Gasteiger partial charge >= 0.3 is 0 Å². The summed E-state index contributed by atoms with van der Waals surface area (Å²) in [5.41, 5.74) is -0.162. The van der Waals surface area contributed by atoms with Gasteiger partial charge in [-0.15, -0.1) is 0 Å². The summed E-state index contributed by atoms with van der Waals surface area (Å²) in [4.78, 5) is 0. The molecule has 0 radical (unpaired) electrons. The van der Waals surface area contributed by atoms with Crippen LogP contribution < -0.4 is 0 Å². The molecule has 0 spiro atoms. The lowest BCUT2D eigenvalue weighted by molar-refractivity contribution is -0.0659. The Morgan fingerprint density at radius 2 is 1.82 bits per heavy atom. The SMILES string of the molecule is CC(C)(C)[Si](C)(C)OC1(CC(O)CO)CCC1. The van der Waals surface area contributed by atoms with Crippen LogP contribution in [0.3, 0.4) is 0 Å². The van der Waals surface area contributed by atoms with Gasteiger partial charge in [0.05, 0.1) is 18.3 Å². The van der Waals surface area contributed by atoms with Crippen LogP contribution in [0, 0.1) is 0 Å². The van der Waals surface area contributed by atoms with Gasteiger partial charge in [0.25, 0.3) is 0 Å². The van der Waals surface area contributed by atoms with Crippen molar-refractivity contribution in [1.82, 2.24) is 0 Å². The molecule has 1 fully saturated rings. The van der Waals surface area contributed by atoms with Crippen LogP contribution in [0.25, 0.3) is 0 Å². The third-order valence-corrected chi connectivity index (χ3v) is 8.92. The van der Waals surface area contributed by atoms with Crippen LogP contribution in [0.5, 0.6) is 0 Å². The first-order valence-electron chi connectivity index (χ1n) is 6.61. The van der Waals surface area contributed by atoms with Crippen LogP contribution in [0.15, 0.2) is 0 Å². The van der Waals surface area contributed by atoms with E-state index in [1.54, 1.807) is 0 Å². The van der Waals surface area contributed by atoms with E-state index in [1.165, 1.54) is 6.42 Å². The highest BCUT2D eigenvalue weighted by atomic mass is 28.4. The number of hydrogen-bond acceptors (Lipinski definition) is 3. The average molecular weight is 260 g/mol. The Balaban J connectivity index is 2.69. The highest BCUT2D eigenvalue weighted by Crippen LogP contribution is 2.47. The summed E-state index contributed by atoms with van der Waals surface area (Å²) in [6.07, 6.45) is 3.16. The zero-order valence-corrected chi connectivity index (χ0v) is 12.9. The molecule has 1 saturated carbocycles. The van der Waals surface area contributed by atoms with E-state index in [2.05, 4.69) is 33.9 Å². The summed E-state index contributed by atoms with van der Waals surface area (Å²) < 4.78 is 6.47. The fraction of sp³-hybridized carbons (Fsp3) is 1.00. The second kappa shape index (κ2) is 5.00. The lowest BCUT2D eigenvalue weighted by atomic mass is 9.76. The van der Waals surface area contributed by atoms with Crippen molar-refractivity contribution >= 4 is 8.32 Å². The molecule has 102 valence electrons. The Morgan fingerprint density at radius 1 is 1.29 bits per heavy atom. The Kier molecular flexibility index (Phi) is 4.45. The van der Waals surface area contributed by atoms with E-state index >= 15 is 0 Å². The zero-order valence-electron chi connectivity index (χ0n) is 11.9. The van der Waals surface area contributed by atoms with Crippen molar-refractivity contribution in [2.24, 2.45) is 0 Å². The van der Waals surface area contributed by atoms with Gasteiger partial charge in [-0.25, -0.2) is 0 Å². The van der Waals surface area contributed by atoms with E-state index in [0.29, 0.717) is 6.42 Å². The van der Waals surface area contributed by atoms with Crippen molar-refractivity contribution in [3.8, 4) is 0 Å². The molecular formula is C13H28O3Si. The summed E-state index contributed by atoms with van der Waals surface area (Å²) in [5.74, 6) is 0. The predicted octanol–water partition coefficient (Wildman–Crippen LogP) is 2.67. The van der Waals surface area contributed by atoms with Gasteiger partial charge in [0.1, 0.15) is 0 Å². The van der Waals surface area contributed by atoms with Crippen LogP contribution in [0.4, 0.5) is 0 Å². The van der Waals surface area contributed by atoms with Crippen LogP contribution in [0.2, 0.25) is 18.1 Å². The Labute approximate surface area is 106 Å². The molecule has 0 aromatic carbocycles. The molecule has 0 heterocycles. The third-order valence-electron chi connectivity index (χ3n) is 4.36. The number of rotatable bonds is 5. The predicted molar refractivity (Wildman–Crippen MR) is 72.6 cm³/mol. The first-order chi connectivity index (χ1) is 7.62. The highest BCUT2D eigenvalue weighted by molar-refractivity contribution is 6.74. The molecule has 17 heavy (non-hydrogen) atoms. The average Bonchev–Trinajstić information content (AvgIpc) is 2.11. The number of hydrogen-bond donors (Lipinski definition) is 2. The summed E-state index contributed by atoms with van der Waals surface area (Å²) in [7, 11) is -1.78. The minimum absolute atomic E-state index is 0.162. The van der Waals surface area contributed by atoms with E-state index < -0.39 is 14.4 Å². The normalized spacial score (nSPS) is 22.1. The molecule has 0 bridgehead atoms. The summed E-state index contributed by atoms with van der Waals surface area (Å²) in [6, 6.07) is 0. The molecule has 4 heteroatoms. The molecule has 0 saturated heterocycles. The molecule has 0 aromatic rings. The minimum atomic E-state index is -1.78. The van der Waals surface area contributed by atoms with Gasteiger partial charge in [-0.1, -0.05) is 20.8 Å². The fourth-order valence-corrected chi connectivity index (χ4v) is 3.78. The van der Waals surface area contributed by atoms with E-state index in [9.17, 15) is 5.11 Å². The smallest absolute Gasteiger partial charge is 0.192 e. The molecule has 1 rings (SSSR count). The van der Waals surface area contributed by atoms with Crippen molar-refractivity contribution in [3.63, 3.8) is 0 Å². The maximum atomic E-state index is 9.64. The maximum absolute atomic E-state index is 9.64. The van der Waals surface area contributed by atoms with Gasteiger partial charge in [-0.3, -0.25) is 0 Å². The molecule has 3 nitrogen and oxygen atoms in total. The van der Waals surface area contributed by atoms with Gasteiger partial charge in [0, 0.05) is 6.42 Å². The van der Waals surface area contributed by atoms with Crippen LogP contribution in [-0.4, -0.2) is 36.8 Å². The lowest BCUT2D eigenvalue weighted by Crippen LogP contribution is -2.54. The largest absolute Gasteiger partial charge is 0.411 e. The van der Waals surface area contributed by atoms with Gasteiger partial charge in [-0.05, 0) is 37.4 Å². The van der Waals surface area contributed by atoms with Gasteiger partial charge in [-0.2, -0.15) is 0 Å². The lowest BCUT2D eigenvalue weighted by Gasteiger charge is -2.51. The van der Waals surface area contributed by atoms with Crippen molar-refractivity contribution < 1.29 is 14.6 Å². The standard InChI is InChI=1S/C13H28O3Si/c1-12(2,3)17(4,5)16-13(7-6-8-13)9-11(15)10-14/h11,14-15H,6-10H2,1-5H3. The van der Waals surface area contributed by atoms with Crippen molar-refractivity contribution in [2.45, 2.75) is 76.3 Å². The quantitative estimate of drug-likeness (QED) is 0.747. The summed E-state index contributed by atoms with van der Waals surface area (Å²) in [5, 5.41) is 18.8. The monoisotopic (exact) mass is 260 g/mol. The molecule has 2 N–H and O–H groups in total. The van der Waals surface area contributed by atoms with Crippen LogP contribution >= 0.6 is 0 Å². The van der Waals surface area contributed by atoms with Gasteiger partial charge in [0.2, 0.25) is 0 Å². The fourth-order valence-electron chi connectivity index (χ4n) is 2.11. The van der Waals surface area contributed by atoms with Crippen molar-refractivity contribution in [3.05, 3.63) is 0 Å². The second-order valence-electron chi connectivity index (χ2n) is 6.94. The first kappa shape index (κ1) is 15.2. The molecule has 0 aromatic heterocycles. The van der Waals surface area contributed by atoms with Crippen molar-refractivity contribution in [1.29, 1.82) is 0 Å². The van der Waals surface area contributed by atoms with Crippen LogP contribution in [-0.2, 0) is 4.43 Å². The Morgan fingerprint density at radius 3 is 2.12 bits per heavy atom.